The van der Waals surface area contributed by atoms with Gasteiger partial charge >= 0.3 is 5.97 Å². The molecule has 3 aromatic carbocycles. The molecule has 3 nitrogen and oxygen atoms in total. The van der Waals surface area contributed by atoms with Crippen molar-refractivity contribution in [2.24, 2.45) is 0 Å². The zero-order valence-electron chi connectivity index (χ0n) is 17.5. The molecule has 1 heterocycles. The molecule has 31 heavy (non-hydrogen) atoms. The molecule has 2 aliphatic rings. The molecule has 1 aliphatic heterocycles. The van der Waals surface area contributed by atoms with Crippen LogP contribution in [0.25, 0.3) is 0 Å². The number of nitrogens with zero attached hydrogens (tertiary/aromatic N) is 1. The zero-order valence-corrected chi connectivity index (χ0v) is 17.5. The van der Waals surface area contributed by atoms with Gasteiger partial charge in [-0.05, 0) is 60.2 Å². The molecule has 0 radical (unpaired) electrons. The maximum atomic E-state index is 12.6. The van der Waals surface area contributed by atoms with Crippen LogP contribution in [0.2, 0.25) is 0 Å². The van der Waals surface area contributed by atoms with E-state index in [1.54, 1.807) is 12.1 Å². The predicted octanol–water partition coefficient (Wildman–Crippen LogP) is 4.85. The molecule has 1 saturated heterocycles. The normalized spacial score (nSPS) is 22.2. The second-order valence-corrected chi connectivity index (χ2v) is 8.51. The summed E-state index contributed by atoms with van der Waals surface area (Å²) in [6.07, 6.45) is 8.64. The van der Waals surface area contributed by atoms with Crippen LogP contribution in [0.1, 0.15) is 39.9 Å². The largest absolute Gasteiger partial charge is 0.423 e. The van der Waals surface area contributed by atoms with E-state index in [0.717, 1.165) is 25.8 Å². The van der Waals surface area contributed by atoms with Gasteiger partial charge in [-0.15, -0.1) is 6.42 Å². The van der Waals surface area contributed by atoms with E-state index in [-0.39, 0.29) is 11.4 Å². The lowest BCUT2D eigenvalue weighted by Crippen LogP contribution is -2.53. The Morgan fingerprint density at radius 2 is 1.81 bits per heavy atom. The van der Waals surface area contributed by atoms with Crippen molar-refractivity contribution in [2.75, 3.05) is 13.1 Å². The number of piperidine rings is 1. The molecular formula is C28H25NO2. The lowest BCUT2D eigenvalue weighted by molar-refractivity contribution is 0.0733. The number of hydrogen-bond donors (Lipinski definition) is 0. The van der Waals surface area contributed by atoms with Crippen LogP contribution in [0.15, 0.2) is 78.9 Å². The van der Waals surface area contributed by atoms with E-state index in [2.05, 4.69) is 53.3 Å². The van der Waals surface area contributed by atoms with E-state index < -0.39 is 0 Å². The predicted molar refractivity (Wildman–Crippen MR) is 122 cm³/mol. The van der Waals surface area contributed by atoms with Crippen molar-refractivity contribution in [3.05, 3.63) is 101 Å². The number of carbonyl (C=O) groups is 1. The van der Waals surface area contributed by atoms with Gasteiger partial charge in [-0.25, -0.2) is 4.79 Å². The van der Waals surface area contributed by atoms with E-state index >= 15 is 0 Å². The number of fused-ring (bicyclic) bond motifs is 4. The average Bonchev–Trinajstić information content (AvgIpc) is 2.82. The monoisotopic (exact) mass is 407 g/mol. The number of benzene rings is 3. The van der Waals surface area contributed by atoms with E-state index in [9.17, 15) is 4.79 Å². The van der Waals surface area contributed by atoms with Gasteiger partial charge < -0.3 is 4.74 Å². The minimum atomic E-state index is -0.327. The van der Waals surface area contributed by atoms with Gasteiger partial charge in [0.1, 0.15) is 5.75 Å². The maximum absolute atomic E-state index is 12.6. The van der Waals surface area contributed by atoms with Crippen LogP contribution >= 0.6 is 0 Å². The molecule has 2 bridgehead atoms. The van der Waals surface area contributed by atoms with Gasteiger partial charge in [-0.3, -0.25) is 4.90 Å². The fraction of sp³-hybridized carbons (Fsp3) is 0.250. The minimum Gasteiger partial charge on any atom is -0.423 e. The summed E-state index contributed by atoms with van der Waals surface area (Å²) in [4.78, 5) is 15.1. The van der Waals surface area contributed by atoms with E-state index in [1.807, 2.05) is 24.3 Å². The molecular weight excluding hydrogens is 382 g/mol. The molecule has 0 N–H and O–H groups in total. The third-order valence-corrected chi connectivity index (χ3v) is 6.82. The van der Waals surface area contributed by atoms with Crippen molar-refractivity contribution in [1.29, 1.82) is 0 Å². The first kappa shape index (κ1) is 19.6. The molecule has 3 aromatic rings. The molecule has 3 heteroatoms. The summed E-state index contributed by atoms with van der Waals surface area (Å²) in [6.45, 7) is 1.66. The van der Waals surface area contributed by atoms with Crippen molar-refractivity contribution in [3.63, 3.8) is 0 Å². The molecule has 154 valence electrons. The smallest absolute Gasteiger partial charge is 0.343 e. The third kappa shape index (κ3) is 3.54. The van der Waals surface area contributed by atoms with Gasteiger partial charge in [-0.2, -0.15) is 0 Å². The first-order valence-corrected chi connectivity index (χ1v) is 10.8. The van der Waals surface area contributed by atoms with Crippen LogP contribution < -0.4 is 4.74 Å². The lowest BCUT2D eigenvalue weighted by Gasteiger charge is -2.51. The van der Waals surface area contributed by atoms with Gasteiger partial charge in [0.2, 0.25) is 0 Å². The Balaban J connectivity index is 1.54. The molecule has 0 saturated carbocycles. The highest BCUT2D eigenvalue weighted by Gasteiger charge is 2.46. The number of rotatable bonds is 4. The highest BCUT2D eigenvalue weighted by Crippen LogP contribution is 2.50. The summed E-state index contributed by atoms with van der Waals surface area (Å²) < 4.78 is 5.77. The lowest BCUT2D eigenvalue weighted by atomic mass is 9.60. The number of carbonyl (C=O) groups excluding carboxylic acids is 1. The summed E-state index contributed by atoms with van der Waals surface area (Å²) >= 11 is 0. The van der Waals surface area contributed by atoms with Crippen molar-refractivity contribution < 1.29 is 9.53 Å². The topological polar surface area (TPSA) is 29.5 Å². The molecule has 0 spiro atoms. The van der Waals surface area contributed by atoms with Crippen LogP contribution in [-0.4, -0.2) is 30.0 Å². The summed E-state index contributed by atoms with van der Waals surface area (Å²) in [5.41, 5.74) is 4.41. The van der Waals surface area contributed by atoms with E-state index in [4.69, 9.17) is 11.2 Å². The summed E-state index contributed by atoms with van der Waals surface area (Å²) in [5, 5.41) is 0. The van der Waals surface area contributed by atoms with Crippen LogP contribution in [-0.2, 0) is 11.8 Å². The van der Waals surface area contributed by atoms with Crippen LogP contribution in [0.3, 0.4) is 0 Å². The van der Waals surface area contributed by atoms with Crippen molar-refractivity contribution in [2.45, 2.75) is 30.7 Å². The fourth-order valence-corrected chi connectivity index (χ4v) is 5.33. The van der Waals surface area contributed by atoms with Gasteiger partial charge in [0.15, 0.2) is 0 Å². The molecule has 0 amide bonds. The Bertz CT molecular complexity index is 1130. The van der Waals surface area contributed by atoms with Gasteiger partial charge in [-0.1, -0.05) is 60.5 Å². The summed E-state index contributed by atoms with van der Waals surface area (Å²) in [7, 11) is 0. The zero-order chi connectivity index (χ0) is 21.3. The fourth-order valence-electron chi connectivity index (χ4n) is 5.33. The van der Waals surface area contributed by atoms with Crippen LogP contribution in [0.4, 0.5) is 0 Å². The summed E-state index contributed by atoms with van der Waals surface area (Å²) in [5.74, 6) is 3.11. The van der Waals surface area contributed by atoms with Gasteiger partial charge in [0, 0.05) is 18.0 Å². The van der Waals surface area contributed by atoms with Crippen molar-refractivity contribution in [3.8, 4) is 18.1 Å². The maximum Gasteiger partial charge on any atom is 0.343 e. The van der Waals surface area contributed by atoms with E-state index in [0.29, 0.717) is 23.9 Å². The molecule has 5 rings (SSSR count). The van der Waals surface area contributed by atoms with Gasteiger partial charge in [0.05, 0.1) is 12.1 Å². The number of ether oxygens (including phenoxy) is 1. The first-order chi connectivity index (χ1) is 15.2. The van der Waals surface area contributed by atoms with Gasteiger partial charge in [0.25, 0.3) is 0 Å². The Kier molecular flexibility index (Phi) is 5.10. The first-order valence-electron chi connectivity index (χ1n) is 10.8. The number of likely N-dealkylation sites (tertiary alicyclic amines) is 1. The van der Waals surface area contributed by atoms with Crippen LogP contribution in [0.5, 0.6) is 5.75 Å². The second kappa shape index (κ2) is 8.06. The number of esters is 1. The average molecular weight is 408 g/mol. The Morgan fingerprint density at radius 1 is 1.06 bits per heavy atom. The van der Waals surface area contributed by atoms with Crippen molar-refractivity contribution in [1.82, 2.24) is 4.90 Å². The third-order valence-electron chi connectivity index (χ3n) is 6.82. The SMILES string of the molecule is C#CCN1CCC2(c3ccccc3)CC1Cc1ccc(OC(=O)c3ccccc3)cc12. The minimum absolute atomic E-state index is 0.0836. The summed E-state index contributed by atoms with van der Waals surface area (Å²) in [6, 6.07) is 26.4. The molecule has 1 aliphatic carbocycles. The highest BCUT2D eigenvalue weighted by molar-refractivity contribution is 5.91. The number of terminal acetylenes is 1. The molecule has 1 fully saturated rings. The Labute approximate surface area is 183 Å². The molecule has 2 atom stereocenters. The second-order valence-electron chi connectivity index (χ2n) is 8.51. The van der Waals surface area contributed by atoms with Crippen molar-refractivity contribution >= 4 is 5.97 Å². The Hall–Kier alpha value is -3.35. The molecule has 2 unspecified atom stereocenters. The van der Waals surface area contributed by atoms with E-state index in [1.165, 1.54) is 16.7 Å². The highest BCUT2D eigenvalue weighted by atomic mass is 16.5. The van der Waals surface area contributed by atoms with Crippen LogP contribution in [0, 0.1) is 12.3 Å². The number of hydrogen-bond acceptors (Lipinski definition) is 3. The molecule has 0 aromatic heterocycles. The quantitative estimate of drug-likeness (QED) is 0.352. The standard InChI is InChI=1S/C28H25NO2/c1-2-16-29-17-15-28(23-11-7-4-8-12-23)20-24(29)18-22-13-14-25(19-26(22)28)31-27(30)21-9-5-3-6-10-21/h1,3-14,19,24H,15-18,20H2. The Morgan fingerprint density at radius 3 is 2.55 bits per heavy atom.